The third-order valence-electron chi connectivity index (χ3n) is 3.99. The Morgan fingerprint density at radius 3 is 2.29 bits per heavy atom. The number of aliphatic imine (C=N–C) groups is 1. The molecule has 1 aliphatic carbocycles. The first-order valence-corrected chi connectivity index (χ1v) is 8.16. The number of hydrogen-bond donors (Lipinski definition) is 3. The van der Waals surface area contributed by atoms with Crippen LogP contribution in [0.25, 0.3) is 0 Å². The van der Waals surface area contributed by atoms with Gasteiger partial charge in [-0.3, -0.25) is 9.79 Å². The van der Waals surface area contributed by atoms with E-state index in [9.17, 15) is 4.79 Å². The zero-order chi connectivity index (χ0) is 16.9. The van der Waals surface area contributed by atoms with Crippen molar-refractivity contribution in [2.24, 2.45) is 4.99 Å². The number of benzene rings is 1. The molecule has 0 unspecified atom stereocenters. The summed E-state index contributed by atoms with van der Waals surface area (Å²) < 4.78 is 0. The molecule has 24 heavy (non-hydrogen) atoms. The Bertz CT molecular complexity index is 562. The predicted octanol–water partition coefficient (Wildman–Crippen LogP) is 2.42. The minimum absolute atomic E-state index is 0. The van der Waals surface area contributed by atoms with Crippen molar-refractivity contribution in [2.45, 2.75) is 44.6 Å². The SMILES string of the molecule is CN=C(NCC(=O)NC(C)(C)C)NCC1(c2ccccc2)CC1.I. The van der Waals surface area contributed by atoms with E-state index in [-0.39, 0.29) is 47.4 Å². The van der Waals surface area contributed by atoms with E-state index in [1.54, 1.807) is 7.05 Å². The second kappa shape index (κ2) is 8.69. The van der Waals surface area contributed by atoms with Crippen molar-refractivity contribution in [2.75, 3.05) is 20.1 Å². The van der Waals surface area contributed by atoms with Gasteiger partial charge in [0.15, 0.2) is 5.96 Å². The van der Waals surface area contributed by atoms with Gasteiger partial charge in [-0.25, -0.2) is 0 Å². The molecule has 0 bridgehead atoms. The highest BCUT2D eigenvalue weighted by molar-refractivity contribution is 14.0. The molecule has 0 aromatic heterocycles. The van der Waals surface area contributed by atoms with Crippen LogP contribution in [-0.2, 0) is 10.2 Å². The van der Waals surface area contributed by atoms with E-state index in [1.807, 2.05) is 26.8 Å². The first kappa shape index (κ1) is 20.7. The predicted molar refractivity (Wildman–Crippen MR) is 110 cm³/mol. The molecule has 3 N–H and O–H groups in total. The smallest absolute Gasteiger partial charge is 0.239 e. The Balaban J connectivity index is 0.00000288. The summed E-state index contributed by atoms with van der Waals surface area (Å²) in [6.07, 6.45) is 2.37. The van der Waals surface area contributed by atoms with Crippen molar-refractivity contribution in [1.29, 1.82) is 0 Å². The van der Waals surface area contributed by atoms with Gasteiger partial charge in [0, 0.05) is 24.5 Å². The van der Waals surface area contributed by atoms with Gasteiger partial charge >= 0.3 is 0 Å². The standard InChI is InChI=1S/C18H28N4O.HI/c1-17(2,3)22-15(23)12-20-16(19-4)21-13-18(10-11-18)14-8-6-5-7-9-14;/h5-9H,10-13H2,1-4H3,(H,22,23)(H2,19,20,21);1H. The molecule has 2 rings (SSSR count). The molecule has 1 aromatic rings. The highest BCUT2D eigenvalue weighted by atomic mass is 127. The van der Waals surface area contributed by atoms with E-state index < -0.39 is 0 Å². The van der Waals surface area contributed by atoms with Crippen molar-refractivity contribution in [3.05, 3.63) is 35.9 Å². The minimum atomic E-state index is -0.221. The van der Waals surface area contributed by atoms with E-state index in [0.29, 0.717) is 5.96 Å². The average Bonchev–Trinajstić information content (AvgIpc) is 3.28. The summed E-state index contributed by atoms with van der Waals surface area (Å²) in [5.74, 6) is 0.626. The van der Waals surface area contributed by atoms with Crippen LogP contribution in [0.1, 0.15) is 39.2 Å². The lowest BCUT2D eigenvalue weighted by Crippen LogP contribution is -2.49. The van der Waals surface area contributed by atoms with Crippen LogP contribution in [0, 0.1) is 0 Å². The lowest BCUT2D eigenvalue weighted by Gasteiger charge is -2.22. The maximum absolute atomic E-state index is 11.9. The molecule has 0 spiro atoms. The second-order valence-electron chi connectivity index (χ2n) is 7.22. The fourth-order valence-electron chi connectivity index (χ4n) is 2.61. The molecule has 5 nitrogen and oxygen atoms in total. The van der Waals surface area contributed by atoms with Crippen LogP contribution in [0.3, 0.4) is 0 Å². The van der Waals surface area contributed by atoms with Gasteiger partial charge in [-0.15, -0.1) is 24.0 Å². The molecule has 0 atom stereocenters. The normalized spacial score (nSPS) is 15.9. The van der Waals surface area contributed by atoms with Gasteiger partial charge in [-0.2, -0.15) is 0 Å². The van der Waals surface area contributed by atoms with Crippen LogP contribution in [0.4, 0.5) is 0 Å². The Morgan fingerprint density at radius 2 is 1.79 bits per heavy atom. The van der Waals surface area contributed by atoms with Crippen molar-refractivity contribution >= 4 is 35.8 Å². The van der Waals surface area contributed by atoms with Crippen LogP contribution in [-0.4, -0.2) is 37.5 Å². The number of guanidine groups is 1. The second-order valence-corrected chi connectivity index (χ2v) is 7.22. The van der Waals surface area contributed by atoms with Crippen LogP contribution >= 0.6 is 24.0 Å². The molecule has 6 heteroatoms. The highest BCUT2D eigenvalue weighted by Gasteiger charge is 2.43. The Kier molecular flexibility index (Phi) is 7.51. The van der Waals surface area contributed by atoms with Gasteiger partial charge in [0.25, 0.3) is 0 Å². The summed E-state index contributed by atoms with van der Waals surface area (Å²) in [5, 5.41) is 9.34. The van der Waals surface area contributed by atoms with Crippen LogP contribution in [0.5, 0.6) is 0 Å². The molecular formula is C18H29IN4O. The fraction of sp³-hybridized carbons (Fsp3) is 0.556. The Morgan fingerprint density at radius 1 is 1.17 bits per heavy atom. The van der Waals surface area contributed by atoms with Crippen LogP contribution < -0.4 is 16.0 Å². The summed E-state index contributed by atoms with van der Waals surface area (Å²) in [5.41, 5.74) is 1.36. The van der Waals surface area contributed by atoms with E-state index in [0.717, 1.165) is 6.54 Å². The van der Waals surface area contributed by atoms with Crippen molar-refractivity contribution in [1.82, 2.24) is 16.0 Å². The number of halogens is 1. The third-order valence-corrected chi connectivity index (χ3v) is 3.99. The zero-order valence-corrected chi connectivity index (χ0v) is 17.3. The summed E-state index contributed by atoms with van der Waals surface area (Å²) in [4.78, 5) is 16.1. The topological polar surface area (TPSA) is 65.5 Å². The monoisotopic (exact) mass is 444 g/mol. The average molecular weight is 444 g/mol. The maximum Gasteiger partial charge on any atom is 0.239 e. The molecule has 1 fully saturated rings. The number of carbonyl (C=O) groups is 1. The molecule has 0 aliphatic heterocycles. The van der Waals surface area contributed by atoms with Crippen molar-refractivity contribution in [3.8, 4) is 0 Å². The summed E-state index contributed by atoms with van der Waals surface area (Å²) in [7, 11) is 1.72. The van der Waals surface area contributed by atoms with E-state index in [2.05, 4.69) is 45.2 Å². The highest BCUT2D eigenvalue weighted by Crippen LogP contribution is 2.47. The third kappa shape index (κ3) is 6.30. The summed E-state index contributed by atoms with van der Waals surface area (Å²) >= 11 is 0. The van der Waals surface area contributed by atoms with Crippen LogP contribution in [0.15, 0.2) is 35.3 Å². The van der Waals surface area contributed by atoms with E-state index in [1.165, 1.54) is 18.4 Å². The maximum atomic E-state index is 11.9. The number of nitrogens with one attached hydrogen (secondary N) is 3. The summed E-state index contributed by atoms with van der Waals surface area (Å²) in [6, 6.07) is 10.6. The van der Waals surface area contributed by atoms with E-state index >= 15 is 0 Å². The molecule has 0 heterocycles. The molecule has 0 radical (unpaired) electrons. The molecule has 1 saturated carbocycles. The van der Waals surface area contributed by atoms with Crippen molar-refractivity contribution < 1.29 is 4.79 Å². The lowest BCUT2D eigenvalue weighted by atomic mass is 9.96. The molecule has 1 aromatic carbocycles. The number of carbonyl (C=O) groups excluding carboxylic acids is 1. The lowest BCUT2D eigenvalue weighted by molar-refractivity contribution is -0.121. The van der Waals surface area contributed by atoms with Gasteiger partial charge in [-0.05, 0) is 39.2 Å². The first-order chi connectivity index (χ1) is 10.8. The number of rotatable bonds is 5. The molecule has 134 valence electrons. The van der Waals surface area contributed by atoms with E-state index in [4.69, 9.17) is 0 Å². The van der Waals surface area contributed by atoms with Crippen molar-refractivity contribution in [3.63, 3.8) is 0 Å². The molecule has 1 aliphatic rings. The largest absolute Gasteiger partial charge is 0.356 e. The Labute approximate surface area is 162 Å². The van der Waals surface area contributed by atoms with Gasteiger partial charge in [0.1, 0.15) is 0 Å². The first-order valence-electron chi connectivity index (χ1n) is 8.16. The molecule has 0 saturated heterocycles. The minimum Gasteiger partial charge on any atom is -0.356 e. The number of nitrogens with zero attached hydrogens (tertiary/aromatic N) is 1. The number of amides is 1. The number of hydrogen-bond acceptors (Lipinski definition) is 2. The van der Waals surface area contributed by atoms with Gasteiger partial charge in [0.05, 0.1) is 6.54 Å². The molecule has 1 amide bonds. The fourth-order valence-corrected chi connectivity index (χ4v) is 2.61. The van der Waals surface area contributed by atoms with Gasteiger partial charge in [-0.1, -0.05) is 30.3 Å². The van der Waals surface area contributed by atoms with Crippen LogP contribution in [0.2, 0.25) is 0 Å². The summed E-state index contributed by atoms with van der Waals surface area (Å²) in [6.45, 7) is 6.95. The quantitative estimate of drug-likeness (QED) is 0.371. The van der Waals surface area contributed by atoms with Gasteiger partial charge < -0.3 is 16.0 Å². The van der Waals surface area contributed by atoms with Gasteiger partial charge in [0.2, 0.25) is 5.91 Å². The molecular weight excluding hydrogens is 415 g/mol. The Hall–Kier alpha value is -1.31. The zero-order valence-electron chi connectivity index (χ0n) is 15.0.